The van der Waals surface area contributed by atoms with E-state index in [9.17, 15) is 32.3 Å². The number of hydrogen-bond donors (Lipinski definition) is 4. The number of nitrogens with zero attached hydrogens (tertiary/aromatic N) is 2. The highest BCUT2D eigenvalue weighted by atomic mass is 35.5. The van der Waals surface area contributed by atoms with Crippen LogP contribution in [0.2, 0.25) is 0 Å². The van der Waals surface area contributed by atoms with Crippen LogP contribution >= 0.6 is 22.9 Å². The highest BCUT2D eigenvalue weighted by Gasteiger charge is 2.38. The van der Waals surface area contributed by atoms with E-state index in [0.29, 0.717) is 28.3 Å². The Morgan fingerprint density at radius 1 is 1.11 bits per heavy atom. The molecular formula is C29H30ClF3N4O8S. The molecule has 4 rings (SSSR count). The Hall–Kier alpha value is -4.54. The average molecular weight is 687 g/mol. The molecule has 0 spiro atoms. The molecule has 0 aliphatic heterocycles. The second kappa shape index (κ2) is 17.2. The first-order valence-electron chi connectivity index (χ1n) is 13.4. The van der Waals surface area contributed by atoms with Crippen molar-refractivity contribution in [3.05, 3.63) is 80.8 Å². The van der Waals surface area contributed by atoms with Crippen LogP contribution in [0.15, 0.2) is 48.8 Å². The largest absolute Gasteiger partial charge is 0.490 e. The number of aliphatic carboxylic acids is 2. The first-order valence-corrected chi connectivity index (χ1v) is 14.7. The van der Waals surface area contributed by atoms with Crippen LogP contribution in [0.25, 0.3) is 0 Å². The van der Waals surface area contributed by atoms with Crippen molar-refractivity contribution < 1.29 is 52.1 Å². The van der Waals surface area contributed by atoms with Gasteiger partial charge in [-0.1, -0.05) is 23.7 Å². The number of esters is 1. The Morgan fingerprint density at radius 2 is 1.76 bits per heavy atom. The maximum absolute atomic E-state index is 12.7. The van der Waals surface area contributed by atoms with Crippen LogP contribution in [-0.4, -0.2) is 63.2 Å². The zero-order valence-electron chi connectivity index (χ0n) is 24.3. The van der Waals surface area contributed by atoms with Gasteiger partial charge >= 0.3 is 24.1 Å². The first kappa shape index (κ1) is 37.6. The summed E-state index contributed by atoms with van der Waals surface area (Å²) in [5.74, 6) is -5.57. The number of carbonyl (C=O) groups excluding carboxylic acids is 3. The molecular weight excluding hydrogens is 657 g/mol. The predicted octanol–water partition coefficient (Wildman–Crippen LogP) is 4.37. The number of carboxylic acids is 2. The van der Waals surface area contributed by atoms with Crippen LogP contribution in [0.1, 0.15) is 66.2 Å². The van der Waals surface area contributed by atoms with E-state index >= 15 is 0 Å². The highest BCUT2D eigenvalue weighted by molar-refractivity contribution is 7.14. The average Bonchev–Trinajstić information content (AvgIpc) is 3.42. The number of carboxylic acid groups (broad SMARTS) is 2. The molecule has 0 fully saturated rings. The van der Waals surface area contributed by atoms with Gasteiger partial charge in [0.15, 0.2) is 0 Å². The van der Waals surface area contributed by atoms with Crippen molar-refractivity contribution in [2.45, 2.75) is 50.8 Å². The maximum atomic E-state index is 12.7. The number of aromatic nitrogens is 1. The Kier molecular flexibility index (Phi) is 14.1. The van der Waals surface area contributed by atoms with Crippen LogP contribution in [-0.2, 0) is 33.7 Å². The number of aryl methyl sites for hydroxylation is 1. The lowest BCUT2D eigenvalue weighted by Gasteiger charge is -2.25. The van der Waals surface area contributed by atoms with Crippen molar-refractivity contribution >= 4 is 58.3 Å². The van der Waals surface area contributed by atoms with Gasteiger partial charge in [0, 0.05) is 23.2 Å². The molecule has 1 aliphatic rings. The molecule has 1 aliphatic carbocycles. The number of fused-ring (bicyclic) bond motifs is 1. The summed E-state index contributed by atoms with van der Waals surface area (Å²) in [7, 11) is 0. The van der Waals surface area contributed by atoms with Crippen molar-refractivity contribution in [3.8, 4) is 0 Å². The van der Waals surface area contributed by atoms with Gasteiger partial charge in [-0.05, 0) is 68.0 Å². The van der Waals surface area contributed by atoms with Crippen molar-refractivity contribution in [2.75, 3.05) is 11.5 Å². The summed E-state index contributed by atoms with van der Waals surface area (Å²) >= 11 is 7.24. The van der Waals surface area contributed by atoms with Crippen LogP contribution in [0.3, 0.4) is 0 Å². The fraction of sp³-hybridized carbons (Fsp3) is 0.310. The number of hydrogen-bond acceptors (Lipinski definition) is 9. The van der Waals surface area contributed by atoms with Crippen molar-refractivity contribution in [3.63, 3.8) is 0 Å². The second-order valence-electron chi connectivity index (χ2n) is 9.27. The van der Waals surface area contributed by atoms with Gasteiger partial charge < -0.3 is 26.4 Å². The third-order valence-corrected chi connectivity index (χ3v) is 7.79. The van der Waals surface area contributed by atoms with E-state index in [1.807, 2.05) is 0 Å². The summed E-state index contributed by atoms with van der Waals surface area (Å²) in [6, 6.07) is 9.81. The molecule has 0 saturated heterocycles. The Labute approximate surface area is 269 Å². The lowest BCUT2D eigenvalue weighted by Crippen LogP contribution is -2.42. The number of alkyl halides is 4. The monoisotopic (exact) mass is 686 g/mol. The molecule has 6 N–H and O–H groups in total. The van der Waals surface area contributed by atoms with Gasteiger partial charge in [0.05, 0.1) is 24.1 Å². The first-order chi connectivity index (χ1) is 21.6. The Bertz CT molecular complexity index is 1550. The number of amides is 2. The number of anilines is 1. The topological polar surface area (TPSA) is 203 Å². The molecule has 12 nitrogen and oxygen atoms in total. The third kappa shape index (κ3) is 10.3. The number of ether oxygens (including phenoxy) is 1. The smallest absolute Gasteiger partial charge is 0.479 e. The number of halogens is 4. The fourth-order valence-electron chi connectivity index (χ4n) is 4.09. The molecule has 0 unspecified atom stereocenters. The SMILES string of the molecule is CCOC(=O)c1c(C(N)=O)sc2c1CCCC2.NCc1cccc(C(=O)N(c2cccnc2)[C@@H](Cl)C(=O)O)c1.O=C(O)C(F)(F)F. The molecule has 2 heterocycles. The van der Waals surface area contributed by atoms with Gasteiger partial charge in [0.2, 0.25) is 5.50 Å². The van der Waals surface area contributed by atoms with E-state index < -0.39 is 41.4 Å². The highest BCUT2D eigenvalue weighted by Crippen LogP contribution is 2.34. The van der Waals surface area contributed by atoms with Crippen molar-refractivity contribution in [1.82, 2.24) is 4.98 Å². The minimum Gasteiger partial charge on any atom is -0.479 e. The number of thiophene rings is 1. The molecule has 0 bridgehead atoms. The predicted molar refractivity (Wildman–Crippen MR) is 162 cm³/mol. The molecule has 0 saturated carbocycles. The number of pyridine rings is 1. The van der Waals surface area contributed by atoms with Crippen molar-refractivity contribution in [2.24, 2.45) is 11.5 Å². The van der Waals surface area contributed by atoms with Gasteiger partial charge in [-0.15, -0.1) is 11.3 Å². The second-order valence-corrected chi connectivity index (χ2v) is 10.8. The Balaban J connectivity index is 0.000000271. The standard InChI is InChI=1S/C15H14ClN3O3.C12H15NO3S.C2HF3O2/c16-13(15(21)22)19(12-5-2-6-18-9-12)14(20)11-4-1-3-10(7-11)8-17;1-2-16-12(15)9-7-5-3-4-6-8(7)17-10(9)11(13)14;3-2(4,5)1(6)7/h1-7,9,13H,8,17H2,(H,21,22);2-6H2,1H3,(H2,13,14);(H,6,7)/t13-;;/m1../s1. The van der Waals surface area contributed by atoms with E-state index in [2.05, 4.69) is 4.98 Å². The molecule has 3 aromatic rings. The molecule has 1 aromatic carbocycles. The zero-order chi connectivity index (χ0) is 34.6. The summed E-state index contributed by atoms with van der Waals surface area (Å²) in [6.45, 7) is 2.33. The fourth-order valence-corrected chi connectivity index (χ4v) is 5.52. The summed E-state index contributed by atoms with van der Waals surface area (Å²) in [5.41, 5.74) is 12.1. The number of carbonyl (C=O) groups is 5. The number of nitrogens with two attached hydrogens (primary N) is 2. The minimum atomic E-state index is -5.08. The van der Waals surface area contributed by atoms with E-state index in [0.717, 1.165) is 46.6 Å². The van der Waals surface area contributed by atoms with Crippen LogP contribution in [0.5, 0.6) is 0 Å². The minimum absolute atomic E-state index is 0.275. The molecule has 1 atom stereocenters. The lowest BCUT2D eigenvalue weighted by atomic mass is 9.95. The Morgan fingerprint density at radius 3 is 2.28 bits per heavy atom. The van der Waals surface area contributed by atoms with Gasteiger partial charge in [0.1, 0.15) is 4.88 Å². The zero-order valence-corrected chi connectivity index (χ0v) is 25.8. The van der Waals surface area contributed by atoms with Crippen molar-refractivity contribution in [1.29, 1.82) is 0 Å². The molecule has 46 heavy (non-hydrogen) atoms. The van der Waals surface area contributed by atoms with Crippen LogP contribution in [0.4, 0.5) is 18.9 Å². The van der Waals surface area contributed by atoms with E-state index in [1.165, 1.54) is 23.7 Å². The lowest BCUT2D eigenvalue weighted by molar-refractivity contribution is -0.192. The third-order valence-electron chi connectivity index (χ3n) is 6.10. The quantitative estimate of drug-likeness (QED) is 0.150. The van der Waals surface area contributed by atoms with Gasteiger partial charge in [-0.25, -0.2) is 14.4 Å². The summed E-state index contributed by atoms with van der Waals surface area (Å²) in [4.78, 5) is 62.4. The summed E-state index contributed by atoms with van der Waals surface area (Å²) in [6.07, 6.45) is 1.74. The van der Waals surface area contributed by atoms with E-state index in [-0.39, 0.29) is 6.54 Å². The molecule has 248 valence electrons. The van der Waals surface area contributed by atoms with Gasteiger partial charge in [-0.2, -0.15) is 13.2 Å². The number of primary amides is 1. The molecule has 2 aromatic heterocycles. The summed E-state index contributed by atoms with van der Waals surface area (Å²) in [5, 5.41) is 16.3. The normalized spacial score (nSPS) is 12.6. The van der Waals surface area contributed by atoms with Gasteiger partial charge in [-0.3, -0.25) is 19.5 Å². The number of rotatable bonds is 8. The van der Waals surface area contributed by atoms with Crippen LogP contribution in [0, 0.1) is 0 Å². The maximum Gasteiger partial charge on any atom is 0.490 e. The molecule has 17 heteroatoms. The van der Waals surface area contributed by atoms with E-state index in [1.54, 1.807) is 43.3 Å². The summed E-state index contributed by atoms with van der Waals surface area (Å²) < 4.78 is 36.7. The molecule has 2 amide bonds. The molecule has 0 radical (unpaired) electrons. The van der Waals surface area contributed by atoms with Crippen LogP contribution < -0.4 is 16.4 Å². The number of benzene rings is 1. The van der Waals surface area contributed by atoms with E-state index in [4.69, 9.17) is 42.8 Å². The van der Waals surface area contributed by atoms with Gasteiger partial charge in [0.25, 0.3) is 11.8 Å².